The van der Waals surface area contributed by atoms with Gasteiger partial charge in [-0.1, -0.05) is 30.3 Å². The van der Waals surface area contributed by atoms with Gasteiger partial charge in [0.25, 0.3) is 11.8 Å². The second-order valence-corrected chi connectivity index (χ2v) is 8.07. The van der Waals surface area contributed by atoms with Crippen molar-refractivity contribution in [3.05, 3.63) is 95.6 Å². The van der Waals surface area contributed by atoms with Gasteiger partial charge in [-0.25, -0.2) is 0 Å². The highest BCUT2D eigenvalue weighted by atomic mass is 32.1. The topological polar surface area (TPSA) is 88.7 Å². The van der Waals surface area contributed by atoms with Crippen molar-refractivity contribution in [3.8, 4) is 5.75 Å². The molecule has 0 aliphatic heterocycles. The first-order chi connectivity index (χ1) is 17.0. The lowest BCUT2D eigenvalue weighted by Gasteiger charge is -2.15. The van der Waals surface area contributed by atoms with E-state index in [9.17, 15) is 9.59 Å². The summed E-state index contributed by atoms with van der Waals surface area (Å²) < 4.78 is 10.8. The molecule has 35 heavy (non-hydrogen) atoms. The Morgan fingerprint density at radius 3 is 2.14 bits per heavy atom. The Morgan fingerprint density at radius 2 is 1.49 bits per heavy atom. The monoisotopic (exact) mass is 491 g/mol. The molecule has 3 aromatic carbocycles. The lowest BCUT2D eigenvalue weighted by molar-refractivity contribution is 0.0938. The summed E-state index contributed by atoms with van der Waals surface area (Å²) in [6.45, 7) is 5.46. The van der Waals surface area contributed by atoms with Crippen LogP contribution < -0.4 is 20.7 Å². The highest BCUT2D eigenvalue weighted by Crippen LogP contribution is 2.15. The third-order valence-corrected chi connectivity index (χ3v) is 5.30. The molecule has 0 aromatic heterocycles. The van der Waals surface area contributed by atoms with E-state index >= 15 is 0 Å². The minimum absolute atomic E-state index is 0.111. The first kappa shape index (κ1) is 25.9. The van der Waals surface area contributed by atoms with Crippen LogP contribution >= 0.6 is 12.2 Å². The fraction of sp³-hybridized carbons (Fsp3) is 0.222. The lowest BCUT2D eigenvalue weighted by Crippen LogP contribution is -2.34. The van der Waals surface area contributed by atoms with Crippen molar-refractivity contribution >= 4 is 34.8 Å². The number of nitrogens with one attached hydrogen (secondary N) is 3. The smallest absolute Gasteiger partial charge is 0.257 e. The minimum atomic E-state index is -0.339. The third kappa shape index (κ3) is 8.20. The predicted molar refractivity (Wildman–Crippen MR) is 141 cm³/mol. The molecule has 2 amide bonds. The maximum absolute atomic E-state index is 12.5. The van der Waals surface area contributed by atoms with E-state index in [2.05, 4.69) is 16.0 Å². The number of carbonyl (C=O) groups is 2. The summed E-state index contributed by atoms with van der Waals surface area (Å²) in [6, 6.07) is 23.3. The van der Waals surface area contributed by atoms with Crippen molar-refractivity contribution in [2.45, 2.75) is 19.9 Å². The molecular formula is C27H29N3O4S. The molecule has 0 bridgehead atoms. The van der Waals surface area contributed by atoms with Crippen LogP contribution in [0.4, 0.5) is 5.69 Å². The van der Waals surface area contributed by atoms with Crippen LogP contribution in [0.25, 0.3) is 0 Å². The minimum Gasteiger partial charge on any atom is -0.491 e. The van der Waals surface area contributed by atoms with E-state index in [1.54, 1.807) is 48.5 Å². The summed E-state index contributed by atoms with van der Waals surface area (Å²) in [5.41, 5.74) is 2.66. The van der Waals surface area contributed by atoms with E-state index in [1.165, 1.54) is 0 Å². The Morgan fingerprint density at radius 1 is 0.857 bits per heavy atom. The van der Waals surface area contributed by atoms with Gasteiger partial charge in [-0.3, -0.25) is 14.9 Å². The Labute approximate surface area is 210 Å². The molecule has 0 aliphatic carbocycles. The highest BCUT2D eigenvalue weighted by Gasteiger charge is 2.12. The molecule has 8 heteroatoms. The lowest BCUT2D eigenvalue weighted by atomic mass is 10.1. The summed E-state index contributed by atoms with van der Waals surface area (Å²) in [6.07, 6.45) is 0. The second kappa shape index (κ2) is 13.2. The fourth-order valence-corrected chi connectivity index (χ4v) is 3.42. The Bertz CT molecular complexity index is 1120. The molecule has 3 rings (SSSR count). The van der Waals surface area contributed by atoms with Gasteiger partial charge >= 0.3 is 0 Å². The molecule has 3 aromatic rings. The molecule has 182 valence electrons. The zero-order chi connectivity index (χ0) is 25.0. The van der Waals surface area contributed by atoms with Gasteiger partial charge in [0.05, 0.1) is 12.6 Å². The summed E-state index contributed by atoms with van der Waals surface area (Å²) >= 11 is 5.25. The zero-order valence-corrected chi connectivity index (χ0v) is 20.6. The molecule has 0 aliphatic rings. The van der Waals surface area contributed by atoms with Crippen LogP contribution in [0.1, 0.15) is 46.2 Å². The maximum Gasteiger partial charge on any atom is 0.257 e. The van der Waals surface area contributed by atoms with E-state index in [1.807, 2.05) is 44.2 Å². The van der Waals surface area contributed by atoms with Gasteiger partial charge in [-0.05, 0) is 80.2 Å². The van der Waals surface area contributed by atoms with E-state index in [-0.39, 0.29) is 23.0 Å². The molecule has 0 spiro atoms. The molecule has 7 nitrogen and oxygen atoms in total. The van der Waals surface area contributed by atoms with Gasteiger partial charge in [0.1, 0.15) is 12.4 Å². The molecule has 0 radical (unpaired) electrons. The molecule has 0 heterocycles. The summed E-state index contributed by atoms with van der Waals surface area (Å²) in [4.78, 5) is 25.0. The van der Waals surface area contributed by atoms with Crippen LogP contribution in [0.15, 0.2) is 78.9 Å². The number of hydrogen-bond donors (Lipinski definition) is 3. The number of anilines is 1. The average molecular weight is 492 g/mol. The number of thiocarbonyl (C=S) groups is 1. The summed E-state index contributed by atoms with van der Waals surface area (Å²) in [5, 5.41) is 8.74. The zero-order valence-electron chi connectivity index (χ0n) is 19.7. The molecule has 1 atom stereocenters. The predicted octanol–water partition coefficient (Wildman–Crippen LogP) is 4.72. The van der Waals surface area contributed by atoms with Gasteiger partial charge in [-0.15, -0.1) is 0 Å². The Hall–Kier alpha value is -3.75. The normalized spacial score (nSPS) is 11.3. The first-order valence-electron chi connectivity index (χ1n) is 11.3. The quantitative estimate of drug-likeness (QED) is 0.281. The summed E-state index contributed by atoms with van der Waals surface area (Å²) in [5.74, 6) is 0.146. The average Bonchev–Trinajstić information content (AvgIpc) is 2.87. The number of amides is 2. The number of carbonyl (C=O) groups excluding carboxylic acids is 2. The van der Waals surface area contributed by atoms with Gasteiger partial charge in [0, 0.05) is 23.4 Å². The number of hydrogen-bond acceptors (Lipinski definition) is 5. The van der Waals surface area contributed by atoms with E-state index in [4.69, 9.17) is 21.7 Å². The summed E-state index contributed by atoms with van der Waals surface area (Å²) in [7, 11) is 0. The van der Waals surface area contributed by atoms with Crippen LogP contribution in [0.2, 0.25) is 0 Å². The Kier molecular flexibility index (Phi) is 9.77. The largest absolute Gasteiger partial charge is 0.491 e. The molecule has 0 fully saturated rings. The van der Waals surface area contributed by atoms with Crippen molar-refractivity contribution in [2.24, 2.45) is 0 Å². The van der Waals surface area contributed by atoms with Crippen LogP contribution in [0.3, 0.4) is 0 Å². The fourth-order valence-electron chi connectivity index (χ4n) is 3.21. The van der Waals surface area contributed by atoms with Gasteiger partial charge in [0.2, 0.25) is 0 Å². The second-order valence-electron chi connectivity index (χ2n) is 7.66. The van der Waals surface area contributed by atoms with Crippen LogP contribution in [-0.2, 0) is 4.74 Å². The maximum atomic E-state index is 12.5. The first-order valence-corrected chi connectivity index (χ1v) is 11.8. The van der Waals surface area contributed by atoms with Crippen molar-refractivity contribution < 1.29 is 19.1 Å². The van der Waals surface area contributed by atoms with Crippen LogP contribution in [0.5, 0.6) is 5.75 Å². The standard InChI is InChI=1S/C27H29N3O4S/c1-3-33-17-18-34-24-15-11-22(12-16-24)26(32)30-27(35)29-23-13-9-21(10-14-23)25(31)28-19(2)20-7-5-4-6-8-20/h4-16,19H,3,17-18H2,1-2H3,(H,28,31)(H2,29,30,32,35). The van der Waals surface area contributed by atoms with Gasteiger partial charge < -0.3 is 20.1 Å². The highest BCUT2D eigenvalue weighted by molar-refractivity contribution is 7.80. The SMILES string of the molecule is CCOCCOc1ccc(C(=O)NC(=S)Nc2ccc(C(=O)NC(C)c3ccccc3)cc2)cc1. The number of rotatable bonds is 10. The van der Waals surface area contributed by atoms with Crippen molar-refractivity contribution in [1.29, 1.82) is 0 Å². The Balaban J connectivity index is 1.47. The van der Waals surface area contributed by atoms with Gasteiger partial charge in [0.15, 0.2) is 5.11 Å². The number of ether oxygens (including phenoxy) is 2. The van der Waals surface area contributed by atoms with Crippen molar-refractivity contribution in [3.63, 3.8) is 0 Å². The van der Waals surface area contributed by atoms with E-state index in [0.29, 0.717) is 42.4 Å². The molecular weight excluding hydrogens is 462 g/mol. The van der Waals surface area contributed by atoms with Gasteiger partial charge in [-0.2, -0.15) is 0 Å². The number of benzene rings is 3. The van der Waals surface area contributed by atoms with Crippen LogP contribution in [0, 0.1) is 0 Å². The molecule has 1 unspecified atom stereocenters. The third-order valence-electron chi connectivity index (χ3n) is 5.10. The molecule has 0 saturated heterocycles. The molecule has 0 saturated carbocycles. The van der Waals surface area contributed by atoms with E-state index in [0.717, 1.165) is 5.56 Å². The van der Waals surface area contributed by atoms with Crippen molar-refractivity contribution in [2.75, 3.05) is 25.1 Å². The molecule has 3 N–H and O–H groups in total. The van der Waals surface area contributed by atoms with E-state index < -0.39 is 0 Å². The van der Waals surface area contributed by atoms with Crippen molar-refractivity contribution in [1.82, 2.24) is 10.6 Å². The van der Waals surface area contributed by atoms with Crippen LogP contribution in [-0.4, -0.2) is 36.7 Å².